The first-order valence-electron chi connectivity index (χ1n) is 10.4. The summed E-state index contributed by atoms with van der Waals surface area (Å²) < 4.78 is 53.5. The zero-order valence-electron chi connectivity index (χ0n) is 17.6. The van der Waals surface area contributed by atoms with E-state index in [2.05, 4.69) is 25.5 Å². The summed E-state index contributed by atoms with van der Waals surface area (Å²) in [6, 6.07) is 4.69. The number of benzene rings is 2. The monoisotopic (exact) mass is 420 g/mol. The summed E-state index contributed by atoms with van der Waals surface area (Å²) in [7, 11) is 0. The van der Waals surface area contributed by atoms with Crippen LogP contribution in [-0.4, -0.2) is 6.47 Å². The molecule has 0 saturated heterocycles. The van der Waals surface area contributed by atoms with Crippen LogP contribution >= 0.6 is 0 Å². The maximum Gasteiger partial charge on any atom is 0.298 e. The number of hydrogen-bond donors (Lipinski definition) is 0. The van der Waals surface area contributed by atoms with E-state index in [4.69, 9.17) is 4.74 Å². The molecule has 0 radical (unpaired) electrons. The fourth-order valence-electron chi connectivity index (χ4n) is 3.72. The molecule has 6 heteroatoms. The summed E-state index contributed by atoms with van der Waals surface area (Å²) in [6.45, 7) is 6.61. The second-order valence-corrected chi connectivity index (χ2v) is 8.25. The summed E-state index contributed by atoms with van der Waals surface area (Å²) in [5, 5.41) is 0. The van der Waals surface area contributed by atoms with Gasteiger partial charge in [0.15, 0.2) is 23.1 Å². The lowest BCUT2D eigenvalue weighted by molar-refractivity contribution is -0.120. The van der Waals surface area contributed by atoms with Gasteiger partial charge in [0.2, 0.25) is 11.6 Å². The Morgan fingerprint density at radius 1 is 1.00 bits per heavy atom. The van der Waals surface area contributed by atoms with E-state index in [9.17, 15) is 13.6 Å². The molecule has 0 N–H and O–H groups in total. The minimum atomic E-state index is -1.34. The van der Waals surface area contributed by atoms with Gasteiger partial charge in [-0.05, 0) is 36.3 Å². The van der Waals surface area contributed by atoms with E-state index in [1.54, 1.807) is 12.1 Å². The Morgan fingerprint density at radius 2 is 1.70 bits per heavy atom. The molecule has 0 amide bonds. The molecule has 2 aromatic rings. The van der Waals surface area contributed by atoms with Crippen LogP contribution in [0.3, 0.4) is 0 Å². The first-order valence-corrected chi connectivity index (χ1v) is 10.4. The number of carbonyl (C=O) groups excluding carboxylic acids is 1. The van der Waals surface area contributed by atoms with E-state index >= 15 is 4.39 Å². The fourth-order valence-corrected chi connectivity index (χ4v) is 3.72. The number of carbonyl (C=O) groups is 1. The SMILES string of the molecule is CCC(C)CCC(C)CCc1ccc2c(c1F)Oc1c(cc(OC=O)c(F)c1F)C2. The van der Waals surface area contributed by atoms with Crippen molar-refractivity contribution in [3.05, 3.63) is 52.3 Å². The van der Waals surface area contributed by atoms with Gasteiger partial charge in [-0.2, -0.15) is 8.78 Å². The fraction of sp³-hybridized carbons (Fsp3) is 0.458. The van der Waals surface area contributed by atoms with Gasteiger partial charge in [-0.25, -0.2) is 4.39 Å². The van der Waals surface area contributed by atoms with Crippen LogP contribution in [0.25, 0.3) is 0 Å². The van der Waals surface area contributed by atoms with Crippen molar-refractivity contribution in [3.63, 3.8) is 0 Å². The third-order valence-electron chi connectivity index (χ3n) is 5.98. The van der Waals surface area contributed by atoms with Crippen molar-refractivity contribution in [3.8, 4) is 17.2 Å². The third-order valence-corrected chi connectivity index (χ3v) is 5.98. The predicted octanol–water partition coefficient (Wildman–Crippen LogP) is 6.73. The van der Waals surface area contributed by atoms with Crippen molar-refractivity contribution in [2.75, 3.05) is 0 Å². The van der Waals surface area contributed by atoms with Crippen LogP contribution in [0.4, 0.5) is 13.2 Å². The van der Waals surface area contributed by atoms with E-state index < -0.39 is 23.2 Å². The van der Waals surface area contributed by atoms with Gasteiger partial charge in [0.05, 0.1) is 0 Å². The Kier molecular flexibility index (Phi) is 7.06. The molecule has 0 spiro atoms. The smallest absolute Gasteiger partial charge is 0.298 e. The molecule has 0 saturated carbocycles. The highest BCUT2D eigenvalue weighted by Crippen LogP contribution is 2.43. The predicted molar refractivity (Wildman–Crippen MR) is 109 cm³/mol. The largest absolute Gasteiger partial charge is 0.450 e. The lowest BCUT2D eigenvalue weighted by Gasteiger charge is -2.23. The van der Waals surface area contributed by atoms with Gasteiger partial charge < -0.3 is 9.47 Å². The Morgan fingerprint density at radius 3 is 2.40 bits per heavy atom. The zero-order valence-corrected chi connectivity index (χ0v) is 17.6. The molecule has 0 fully saturated rings. The van der Waals surface area contributed by atoms with Crippen molar-refractivity contribution in [2.24, 2.45) is 11.8 Å². The van der Waals surface area contributed by atoms with Gasteiger partial charge in [0.25, 0.3) is 6.47 Å². The summed E-state index contributed by atoms with van der Waals surface area (Å²) in [4.78, 5) is 10.5. The number of hydrogen-bond acceptors (Lipinski definition) is 3. The first kappa shape index (κ1) is 22.2. The van der Waals surface area contributed by atoms with Crippen LogP contribution in [0.1, 0.15) is 63.1 Å². The minimum Gasteiger partial charge on any atom is -0.450 e. The molecular weight excluding hydrogens is 393 g/mol. The minimum absolute atomic E-state index is 0.0255. The van der Waals surface area contributed by atoms with Gasteiger partial charge in [0, 0.05) is 17.5 Å². The lowest BCUT2D eigenvalue weighted by atomic mass is 9.91. The summed E-state index contributed by atoms with van der Waals surface area (Å²) in [6.07, 6.45) is 4.97. The number of ether oxygens (including phenoxy) is 2. The van der Waals surface area contributed by atoms with Crippen LogP contribution in [-0.2, 0) is 17.6 Å². The molecule has 1 aliphatic rings. The van der Waals surface area contributed by atoms with E-state index in [1.165, 1.54) is 6.07 Å². The van der Waals surface area contributed by atoms with Crippen molar-refractivity contribution >= 4 is 6.47 Å². The first-order chi connectivity index (χ1) is 14.3. The highest BCUT2D eigenvalue weighted by Gasteiger charge is 2.29. The quantitative estimate of drug-likeness (QED) is 0.360. The lowest BCUT2D eigenvalue weighted by Crippen LogP contribution is -2.11. The van der Waals surface area contributed by atoms with Gasteiger partial charge in [0.1, 0.15) is 0 Å². The average Bonchev–Trinajstić information content (AvgIpc) is 2.74. The zero-order chi connectivity index (χ0) is 21.8. The molecule has 162 valence electrons. The molecule has 0 aliphatic carbocycles. The van der Waals surface area contributed by atoms with E-state index in [1.807, 2.05) is 0 Å². The van der Waals surface area contributed by atoms with Gasteiger partial charge >= 0.3 is 0 Å². The molecule has 2 aromatic carbocycles. The van der Waals surface area contributed by atoms with E-state index in [0.29, 0.717) is 34.9 Å². The molecule has 0 aromatic heterocycles. The normalized spacial score (nSPS) is 14.3. The van der Waals surface area contributed by atoms with Crippen molar-refractivity contribution in [1.82, 2.24) is 0 Å². The Bertz CT molecular complexity index is 927. The number of halogens is 3. The molecule has 1 heterocycles. The molecule has 2 atom stereocenters. The molecule has 0 bridgehead atoms. The van der Waals surface area contributed by atoms with Crippen molar-refractivity contribution < 1.29 is 27.4 Å². The standard InChI is InChI=1S/C24H27F3O3/c1-4-14(2)5-6-15(3)7-8-16-9-10-17-11-18-12-19(29-13-28)21(26)22(27)24(18)30-23(17)20(16)25/h9-10,12-15H,4-8,11H2,1-3H3. The van der Waals surface area contributed by atoms with Gasteiger partial charge in [-0.1, -0.05) is 52.2 Å². The number of aryl methyl sites for hydroxylation is 1. The van der Waals surface area contributed by atoms with E-state index in [-0.39, 0.29) is 24.4 Å². The topological polar surface area (TPSA) is 35.5 Å². The van der Waals surface area contributed by atoms with Crippen LogP contribution in [0.15, 0.2) is 18.2 Å². The van der Waals surface area contributed by atoms with Crippen molar-refractivity contribution in [2.45, 2.75) is 59.3 Å². The summed E-state index contributed by atoms with van der Waals surface area (Å²) in [5.41, 5.74) is 1.34. The second kappa shape index (κ2) is 9.54. The molecule has 3 rings (SSSR count). The maximum absolute atomic E-state index is 15.1. The van der Waals surface area contributed by atoms with Crippen LogP contribution in [0.5, 0.6) is 17.2 Å². The molecule has 30 heavy (non-hydrogen) atoms. The highest BCUT2D eigenvalue weighted by molar-refractivity contribution is 5.56. The molecule has 2 unspecified atom stereocenters. The third kappa shape index (κ3) is 4.63. The van der Waals surface area contributed by atoms with Crippen LogP contribution < -0.4 is 9.47 Å². The van der Waals surface area contributed by atoms with Crippen LogP contribution in [0.2, 0.25) is 0 Å². The molecular formula is C24H27F3O3. The van der Waals surface area contributed by atoms with Gasteiger partial charge in [-0.3, -0.25) is 4.79 Å². The summed E-state index contributed by atoms with van der Waals surface area (Å²) in [5.74, 6) is -2.94. The number of rotatable bonds is 9. The highest BCUT2D eigenvalue weighted by atomic mass is 19.2. The van der Waals surface area contributed by atoms with E-state index in [0.717, 1.165) is 25.7 Å². The van der Waals surface area contributed by atoms with Crippen molar-refractivity contribution in [1.29, 1.82) is 0 Å². The second-order valence-electron chi connectivity index (χ2n) is 8.25. The molecule has 3 nitrogen and oxygen atoms in total. The Hall–Kier alpha value is -2.50. The Labute approximate surface area is 175 Å². The van der Waals surface area contributed by atoms with Crippen LogP contribution in [0, 0.1) is 29.3 Å². The summed E-state index contributed by atoms with van der Waals surface area (Å²) >= 11 is 0. The average molecular weight is 420 g/mol. The number of fused-ring (bicyclic) bond motifs is 2. The van der Waals surface area contributed by atoms with Gasteiger partial charge in [-0.15, -0.1) is 0 Å². The maximum atomic E-state index is 15.1. The Balaban J connectivity index is 1.76. The molecule has 1 aliphatic heterocycles.